The molecule has 2 aromatic heterocycles. The van der Waals surface area contributed by atoms with E-state index in [1.807, 2.05) is 6.92 Å². The Kier molecular flexibility index (Phi) is 5.09. The van der Waals surface area contributed by atoms with E-state index in [1.165, 1.54) is 22.2 Å². The van der Waals surface area contributed by atoms with Gasteiger partial charge in [0.2, 0.25) is 5.91 Å². The van der Waals surface area contributed by atoms with Gasteiger partial charge in [0.25, 0.3) is 5.56 Å². The summed E-state index contributed by atoms with van der Waals surface area (Å²) in [5.74, 6) is -1.49. The summed E-state index contributed by atoms with van der Waals surface area (Å²) in [7, 11) is 0. The van der Waals surface area contributed by atoms with Gasteiger partial charge >= 0.3 is 5.97 Å². The molecule has 2 unspecified atom stereocenters. The van der Waals surface area contributed by atoms with Crippen molar-refractivity contribution in [3.8, 4) is 0 Å². The number of carbonyl (C=O) groups is 2. The molecule has 3 rings (SSSR count). The highest BCUT2D eigenvalue weighted by Crippen LogP contribution is 2.51. The summed E-state index contributed by atoms with van der Waals surface area (Å²) >= 11 is 1.38. The molecule has 2 atom stereocenters. The van der Waals surface area contributed by atoms with Gasteiger partial charge in [-0.2, -0.15) is 0 Å². The molecule has 2 N–H and O–H groups in total. The lowest BCUT2D eigenvalue weighted by Gasteiger charge is -2.58. The minimum atomic E-state index is -1.37. The zero-order chi connectivity index (χ0) is 19.8. The highest BCUT2D eigenvalue weighted by atomic mass is 32.1. The Hall–Kier alpha value is -2.26. The Morgan fingerprint density at radius 3 is 2.85 bits per heavy atom. The smallest absolute Gasteiger partial charge is 0.330 e. The molecule has 1 aliphatic carbocycles. The first kappa shape index (κ1) is 19.5. The van der Waals surface area contributed by atoms with Crippen molar-refractivity contribution in [3.05, 3.63) is 28.1 Å². The van der Waals surface area contributed by atoms with Crippen LogP contribution in [0.15, 0.2) is 22.6 Å². The van der Waals surface area contributed by atoms with Crippen LogP contribution in [0.4, 0.5) is 0 Å². The van der Waals surface area contributed by atoms with Crippen LogP contribution in [0.3, 0.4) is 0 Å². The van der Waals surface area contributed by atoms with Gasteiger partial charge in [0.1, 0.15) is 10.4 Å². The first-order valence-corrected chi connectivity index (χ1v) is 9.69. The molecule has 8 nitrogen and oxygen atoms in total. The maximum atomic E-state index is 12.5. The Labute approximate surface area is 160 Å². The minimum absolute atomic E-state index is 0.0123. The molecule has 9 heteroatoms. The molecule has 1 saturated carbocycles. The van der Waals surface area contributed by atoms with Gasteiger partial charge in [-0.3, -0.25) is 14.2 Å². The van der Waals surface area contributed by atoms with Gasteiger partial charge in [-0.1, -0.05) is 13.8 Å². The molecule has 0 spiro atoms. The molecule has 1 fully saturated rings. The van der Waals surface area contributed by atoms with E-state index in [9.17, 15) is 19.5 Å². The van der Waals surface area contributed by atoms with E-state index < -0.39 is 22.8 Å². The fourth-order valence-electron chi connectivity index (χ4n) is 3.61. The van der Waals surface area contributed by atoms with Gasteiger partial charge in [-0.05, 0) is 18.4 Å². The van der Waals surface area contributed by atoms with Crippen molar-refractivity contribution in [2.24, 2.45) is 5.41 Å². The summed E-state index contributed by atoms with van der Waals surface area (Å²) in [6.45, 7) is 6.03. The van der Waals surface area contributed by atoms with Crippen LogP contribution in [-0.2, 0) is 20.9 Å². The summed E-state index contributed by atoms with van der Waals surface area (Å²) in [5, 5.41) is 14.7. The van der Waals surface area contributed by atoms with Crippen molar-refractivity contribution < 1.29 is 19.4 Å². The first-order chi connectivity index (χ1) is 12.7. The maximum absolute atomic E-state index is 12.5. The van der Waals surface area contributed by atoms with Crippen LogP contribution in [-0.4, -0.2) is 44.8 Å². The van der Waals surface area contributed by atoms with Crippen LogP contribution in [0.5, 0.6) is 0 Å². The third kappa shape index (κ3) is 3.14. The van der Waals surface area contributed by atoms with E-state index in [1.54, 1.807) is 25.3 Å². The zero-order valence-electron chi connectivity index (χ0n) is 15.5. The van der Waals surface area contributed by atoms with Crippen LogP contribution < -0.4 is 10.9 Å². The third-order valence-electron chi connectivity index (χ3n) is 5.51. The van der Waals surface area contributed by atoms with Crippen LogP contribution in [0.25, 0.3) is 10.2 Å². The lowest BCUT2D eigenvalue weighted by atomic mass is 9.54. The number of ether oxygens (including phenoxy) is 1. The summed E-state index contributed by atoms with van der Waals surface area (Å²) < 4.78 is 6.96. The number of aliphatic carboxylic acids is 1. The molecular formula is C18H23N3O5S. The highest BCUT2D eigenvalue weighted by molar-refractivity contribution is 7.16. The molecule has 0 saturated heterocycles. The molecule has 2 heterocycles. The van der Waals surface area contributed by atoms with Gasteiger partial charge in [-0.15, -0.1) is 11.3 Å². The fraction of sp³-hybridized carbons (Fsp3) is 0.556. The van der Waals surface area contributed by atoms with E-state index in [0.29, 0.717) is 16.8 Å². The normalized spacial score (nSPS) is 23.7. The van der Waals surface area contributed by atoms with Gasteiger partial charge in [0.15, 0.2) is 0 Å². The Bertz CT molecular complexity index is 934. The molecular weight excluding hydrogens is 370 g/mol. The summed E-state index contributed by atoms with van der Waals surface area (Å²) in [5.41, 5.74) is -2.31. The van der Waals surface area contributed by atoms with Crippen LogP contribution in [0, 0.1) is 5.41 Å². The van der Waals surface area contributed by atoms with E-state index in [4.69, 9.17) is 4.74 Å². The van der Waals surface area contributed by atoms with E-state index in [0.717, 1.165) is 0 Å². The molecule has 0 aromatic carbocycles. The van der Waals surface area contributed by atoms with E-state index >= 15 is 0 Å². The average Bonchev–Trinajstić information content (AvgIpc) is 3.09. The molecule has 0 bridgehead atoms. The fourth-order valence-corrected chi connectivity index (χ4v) is 4.34. The monoisotopic (exact) mass is 393 g/mol. The van der Waals surface area contributed by atoms with Crippen LogP contribution in [0.2, 0.25) is 0 Å². The number of nitrogens with one attached hydrogen (secondary N) is 1. The number of fused-ring (bicyclic) bond motifs is 1. The average molecular weight is 393 g/mol. The number of carbonyl (C=O) groups excluding carboxylic acids is 1. The first-order valence-electron chi connectivity index (χ1n) is 8.81. The number of nitrogens with zero attached hydrogens (tertiary/aromatic N) is 2. The number of aryl methyl sites for hydroxylation is 1. The van der Waals surface area contributed by atoms with Crippen molar-refractivity contribution >= 4 is 33.4 Å². The molecule has 1 amide bonds. The van der Waals surface area contributed by atoms with Gasteiger partial charge in [0, 0.05) is 31.4 Å². The Balaban J connectivity index is 1.69. The zero-order valence-corrected chi connectivity index (χ0v) is 16.3. The van der Waals surface area contributed by atoms with Crippen LogP contribution >= 0.6 is 11.3 Å². The number of hydrogen-bond acceptors (Lipinski definition) is 6. The predicted molar refractivity (Wildman–Crippen MR) is 101 cm³/mol. The number of aromatic nitrogens is 2. The number of hydrogen-bond donors (Lipinski definition) is 2. The predicted octanol–water partition coefficient (Wildman–Crippen LogP) is 1.62. The minimum Gasteiger partial charge on any atom is -0.479 e. The largest absolute Gasteiger partial charge is 0.479 e. The van der Waals surface area contributed by atoms with Gasteiger partial charge < -0.3 is 15.2 Å². The van der Waals surface area contributed by atoms with Gasteiger partial charge in [-0.25, -0.2) is 9.78 Å². The number of rotatable bonds is 7. The number of carboxylic acid groups (broad SMARTS) is 1. The van der Waals surface area contributed by atoms with Crippen molar-refractivity contribution in [1.82, 2.24) is 14.9 Å². The summed E-state index contributed by atoms with van der Waals surface area (Å²) in [4.78, 5) is 41.6. The SMILES string of the molecule is CCOC1CC(NC(=O)CCn2cnc3sccc3c2=O)(C(=O)O)C1(C)C. The quantitative estimate of drug-likeness (QED) is 0.740. The second-order valence-corrected chi connectivity index (χ2v) is 8.16. The standard InChI is InChI=1S/C18H23N3O5S/c1-4-26-12-9-18(16(24)25,17(12,2)3)20-13(22)5-7-21-10-19-14-11(15(21)23)6-8-27-14/h6,8,10,12H,4-5,7,9H2,1-3H3,(H,20,22)(H,24,25). The topological polar surface area (TPSA) is 111 Å². The maximum Gasteiger partial charge on any atom is 0.330 e. The number of thiophene rings is 1. The highest BCUT2D eigenvalue weighted by Gasteiger charge is 2.66. The van der Waals surface area contributed by atoms with Crippen molar-refractivity contribution in [2.75, 3.05) is 6.61 Å². The van der Waals surface area contributed by atoms with Crippen molar-refractivity contribution in [3.63, 3.8) is 0 Å². The van der Waals surface area contributed by atoms with E-state index in [2.05, 4.69) is 10.3 Å². The Morgan fingerprint density at radius 1 is 1.48 bits per heavy atom. The molecule has 1 aliphatic rings. The van der Waals surface area contributed by atoms with Crippen molar-refractivity contribution in [2.45, 2.75) is 51.8 Å². The Morgan fingerprint density at radius 2 is 2.22 bits per heavy atom. The molecule has 0 radical (unpaired) electrons. The molecule has 2 aromatic rings. The second-order valence-electron chi connectivity index (χ2n) is 7.26. The van der Waals surface area contributed by atoms with E-state index in [-0.39, 0.29) is 31.0 Å². The molecule has 27 heavy (non-hydrogen) atoms. The molecule has 146 valence electrons. The lowest BCUT2D eigenvalue weighted by molar-refractivity contribution is -0.194. The number of carboxylic acids is 1. The van der Waals surface area contributed by atoms with Crippen LogP contribution in [0.1, 0.15) is 33.6 Å². The summed E-state index contributed by atoms with van der Waals surface area (Å²) in [6, 6.07) is 1.70. The lowest BCUT2D eigenvalue weighted by Crippen LogP contribution is -2.76. The number of amides is 1. The summed E-state index contributed by atoms with van der Waals surface area (Å²) in [6.07, 6.45) is 1.39. The second kappa shape index (κ2) is 7.05. The third-order valence-corrected chi connectivity index (χ3v) is 6.33. The van der Waals surface area contributed by atoms with Gasteiger partial charge in [0.05, 0.1) is 17.8 Å². The molecule has 0 aliphatic heterocycles. The van der Waals surface area contributed by atoms with Crippen molar-refractivity contribution in [1.29, 1.82) is 0 Å².